The summed E-state index contributed by atoms with van der Waals surface area (Å²) >= 11 is 0. The topological polar surface area (TPSA) is 153 Å². The third-order valence-electron chi connectivity index (χ3n) is 12.3. The second-order valence-corrected chi connectivity index (χ2v) is 17.0. The van der Waals surface area contributed by atoms with Crippen LogP contribution in [-0.2, 0) is 35.6 Å². The number of aromatic hydroxyl groups is 1. The van der Waals surface area contributed by atoms with Crippen LogP contribution in [0.5, 0.6) is 11.5 Å². The Kier molecular flexibility index (Phi) is 15.3. The summed E-state index contributed by atoms with van der Waals surface area (Å²) in [4.78, 5) is 43.6. The molecule has 1 fully saturated rings. The van der Waals surface area contributed by atoms with Gasteiger partial charge in [0.15, 0.2) is 0 Å². The highest BCUT2D eigenvalue weighted by Crippen LogP contribution is 2.31. The first-order valence-corrected chi connectivity index (χ1v) is 22.6. The molecule has 2 atom stereocenters. The number of pyridine rings is 1. The number of hydrogen-bond acceptors (Lipinski definition) is 9. The number of hydrogen-bond donors (Lipinski definition) is 5. The lowest BCUT2D eigenvalue weighted by Gasteiger charge is -2.32. The average Bonchev–Trinajstić information content (AvgIpc) is 3.35. The molecule has 1 unspecified atom stereocenters. The number of ether oxygens (including phenoxy) is 2. The molecule has 0 bridgehead atoms. The highest BCUT2D eigenvalue weighted by molar-refractivity contribution is 5.94. The van der Waals surface area contributed by atoms with Crippen LogP contribution < -0.4 is 20.9 Å². The molecule has 7 aromatic rings. The molecule has 1 amide bonds. The Morgan fingerprint density at radius 2 is 1.44 bits per heavy atom. The van der Waals surface area contributed by atoms with E-state index in [1.807, 2.05) is 97.1 Å². The smallest absolute Gasteiger partial charge is 0.317 e. The fourth-order valence-electron chi connectivity index (χ4n) is 8.49. The number of likely N-dealkylation sites (tertiary alicyclic amines) is 1. The monoisotopic (exact) mass is 884 g/mol. The summed E-state index contributed by atoms with van der Waals surface area (Å²) in [5.41, 5.74) is 7.11. The molecule has 0 saturated carbocycles. The number of amides is 1. The molecular weight excluding hydrogens is 829 g/mol. The number of aromatic amines is 1. The van der Waals surface area contributed by atoms with E-state index in [0.717, 1.165) is 60.3 Å². The van der Waals surface area contributed by atoms with E-state index in [1.165, 1.54) is 17.7 Å². The Balaban J connectivity index is 0.772. The van der Waals surface area contributed by atoms with Crippen molar-refractivity contribution in [3.63, 3.8) is 0 Å². The lowest BCUT2D eigenvalue weighted by molar-refractivity contribution is -0.146. The van der Waals surface area contributed by atoms with Gasteiger partial charge in [0.1, 0.15) is 24.0 Å². The number of nitrogens with zero attached hydrogens (tertiary/aromatic N) is 1. The molecule has 0 radical (unpaired) electrons. The Hall–Kier alpha value is -7.05. The lowest BCUT2D eigenvalue weighted by Crippen LogP contribution is -2.35. The summed E-state index contributed by atoms with van der Waals surface area (Å²) in [5.74, 6) is -0.0643. The maximum Gasteiger partial charge on any atom is 0.317 e. The molecule has 1 aromatic heterocycles. The van der Waals surface area contributed by atoms with E-state index in [2.05, 4.69) is 44.8 Å². The van der Waals surface area contributed by atoms with Gasteiger partial charge in [0.25, 0.3) is 5.91 Å². The Labute approximate surface area is 385 Å². The predicted octanol–water partition coefficient (Wildman–Crippen LogP) is 8.20. The minimum absolute atomic E-state index is 0.0491. The van der Waals surface area contributed by atoms with Gasteiger partial charge >= 0.3 is 5.97 Å². The van der Waals surface area contributed by atoms with Crippen LogP contribution >= 0.6 is 0 Å². The molecule has 0 spiro atoms. The molecule has 1 saturated heterocycles. The number of carbonyl (C=O) groups is 2. The summed E-state index contributed by atoms with van der Waals surface area (Å²) in [6.07, 6.45) is 1.85. The van der Waals surface area contributed by atoms with Crippen molar-refractivity contribution >= 4 is 22.8 Å². The van der Waals surface area contributed by atoms with Crippen LogP contribution in [-0.4, -0.2) is 64.8 Å². The van der Waals surface area contributed by atoms with E-state index >= 15 is 0 Å². The standard InChI is InChI=1S/C55H56N4O7/c60-49-24-22-47(48-23-25-51(62)58-53(48)49)50(61)34-56-29-26-38-18-20-44(21-19-38)54(63)57-33-39-14-16-41(17-15-39)36-65-46-13-7-12-45(32-46)52(43-10-5-2-6-11-43)55(64)66-37-42-27-30-59(31-28-42)35-40-8-3-1-4-9-40/h1-25,32,42,50,52,56,60-61H,26-31,33-37H2,(H,57,63)(H,58,62)/t50-,52?/m0/s1. The molecule has 11 heteroatoms. The van der Waals surface area contributed by atoms with Crippen molar-refractivity contribution in [1.82, 2.24) is 20.5 Å². The number of fused-ring (bicyclic) bond motifs is 1. The average molecular weight is 885 g/mol. The molecule has 338 valence electrons. The Bertz CT molecular complexity index is 2740. The first-order chi connectivity index (χ1) is 32.3. The van der Waals surface area contributed by atoms with Crippen molar-refractivity contribution in [3.05, 3.63) is 213 Å². The fourth-order valence-corrected chi connectivity index (χ4v) is 8.49. The number of phenols is 1. The molecule has 5 N–H and O–H groups in total. The van der Waals surface area contributed by atoms with Crippen molar-refractivity contribution < 1.29 is 29.3 Å². The fraction of sp³-hybridized carbons (Fsp3) is 0.255. The summed E-state index contributed by atoms with van der Waals surface area (Å²) in [6, 6.07) is 49.5. The third kappa shape index (κ3) is 12.2. The summed E-state index contributed by atoms with van der Waals surface area (Å²) in [7, 11) is 0. The SMILES string of the molecule is O=C(NCc1ccc(COc2cccc(C(C(=O)OCC3CCN(Cc4ccccc4)CC3)c3ccccc3)c2)cc1)c1ccc(CCNC[C@H](O)c2ccc(O)c3[nH]c(=O)ccc23)cc1. The maximum atomic E-state index is 13.8. The largest absolute Gasteiger partial charge is 0.506 e. The lowest BCUT2D eigenvalue weighted by atomic mass is 9.91. The van der Waals surface area contributed by atoms with Gasteiger partial charge in [-0.1, -0.05) is 115 Å². The van der Waals surface area contributed by atoms with E-state index in [4.69, 9.17) is 9.47 Å². The minimum atomic E-state index is -0.841. The normalized spacial score (nSPS) is 14.1. The van der Waals surface area contributed by atoms with Crippen LogP contribution in [0.3, 0.4) is 0 Å². The van der Waals surface area contributed by atoms with Crippen molar-refractivity contribution in [1.29, 1.82) is 0 Å². The van der Waals surface area contributed by atoms with Gasteiger partial charge in [0.2, 0.25) is 5.56 Å². The van der Waals surface area contributed by atoms with Crippen LogP contribution in [0, 0.1) is 5.92 Å². The van der Waals surface area contributed by atoms with E-state index in [0.29, 0.717) is 66.4 Å². The first kappa shape index (κ1) is 45.5. The van der Waals surface area contributed by atoms with Gasteiger partial charge in [-0.25, -0.2) is 0 Å². The zero-order chi connectivity index (χ0) is 45.7. The number of H-pyrrole nitrogens is 1. The zero-order valence-electron chi connectivity index (χ0n) is 36.9. The summed E-state index contributed by atoms with van der Waals surface area (Å²) in [6.45, 7) is 4.92. The molecule has 8 rings (SSSR count). The van der Waals surface area contributed by atoms with Crippen LogP contribution in [0.15, 0.2) is 163 Å². The Morgan fingerprint density at radius 3 is 2.20 bits per heavy atom. The van der Waals surface area contributed by atoms with Gasteiger partial charge < -0.3 is 35.3 Å². The number of benzene rings is 6. The third-order valence-corrected chi connectivity index (χ3v) is 12.3. The molecule has 1 aliphatic rings. The van der Waals surface area contributed by atoms with Gasteiger partial charge in [0.05, 0.1) is 18.2 Å². The van der Waals surface area contributed by atoms with Gasteiger partial charge in [-0.3, -0.25) is 19.3 Å². The van der Waals surface area contributed by atoms with Gasteiger partial charge in [0, 0.05) is 36.7 Å². The molecule has 1 aliphatic heterocycles. The summed E-state index contributed by atoms with van der Waals surface area (Å²) in [5, 5.41) is 27.8. The highest BCUT2D eigenvalue weighted by Gasteiger charge is 2.27. The number of nitrogens with one attached hydrogen (secondary N) is 3. The number of aromatic nitrogens is 1. The highest BCUT2D eigenvalue weighted by atomic mass is 16.5. The number of aliphatic hydroxyl groups excluding tert-OH is 1. The zero-order valence-corrected chi connectivity index (χ0v) is 36.9. The van der Waals surface area contributed by atoms with Gasteiger partial charge in [-0.05, 0) is 120 Å². The van der Waals surface area contributed by atoms with Crippen LogP contribution in [0.2, 0.25) is 0 Å². The molecule has 66 heavy (non-hydrogen) atoms. The number of rotatable bonds is 19. The van der Waals surface area contributed by atoms with E-state index < -0.39 is 12.0 Å². The van der Waals surface area contributed by atoms with E-state index in [9.17, 15) is 24.6 Å². The minimum Gasteiger partial charge on any atom is -0.506 e. The second-order valence-electron chi connectivity index (χ2n) is 17.0. The summed E-state index contributed by atoms with van der Waals surface area (Å²) < 4.78 is 12.3. The quantitative estimate of drug-likeness (QED) is 0.0400. The Morgan fingerprint density at radius 1 is 0.742 bits per heavy atom. The molecular formula is C55H56N4O7. The molecule has 6 aromatic carbocycles. The van der Waals surface area contributed by atoms with Crippen LogP contribution in [0.25, 0.3) is 10.9 Å². The first-order valence-electron chi connectivity index (χ1n) is 22.6. The molecule has 2 heterocycles. The number of esters is 1. The molecule has 11 nitrogen and oxygen atoms in total. The predicted molar refractivity (Wildman–Crippen MR) is 256 cm³/mol. The van der Waals surface area contributed by atoms with E-state index in [1.54, 1.807) is 24.3 Å². The number of aliphatic hydroxyl groups is 1. The number of piperidine rings is 1. The van der Waals surface area contributed by atoms with Crippen molar-refractivity contribution in [2.24, 2.45) is 5.92 Å². The van der Waals surface area contributed by atoms with Gasteiger partial charge in [-0.2, -0.15) is 0 Å². The molecule has 0 aliphatic carbocycles. The van der Waals surface area contributed by atoms with Crippen LogP contribution in [0.1, 0.15) is 74.2 Å². The van der Waals surface area contributed by atoms with Gasteiger partial charge in [-0.15, -0.1) is 0 Å². The van der Waals surface area contributed by atoms with Crippen molar-refractivity contribution in [3.8, 4) is 11.5 Å². The van der Waals surface area contributed by atoms with E-state index in [-0.39, 0.29) is 29.7 Å². The second kappa shape index (κ2) is 22.2. The van der Waals surface area contributed by atoms with Crippen molar-refractivity contribution in [2.45, 2.75) is 51.0 Å². The number of phenolic OH excluding ortho intramolecular Hbond substituents is 1. The maximum absolute atomic E-state index is 13.8. The number of carbonyl (C=O) groups excluding carboxylic acids is 2. The van der Waals surface area contributed by atoms with Crippen LogP contribution in [0.4, 0.5) is 0 Å². The van der Waals surface area contributed by atoms with Crippen molar-refractivity contribution in [2.75, 3.05) is 32.8 Å².